The summed E-state index contributed by atoms with van der Waals surface area (Å²) in [7, 11) is 1.77. The highest BCUT2D eigenvalue weighted by atomic mass is 32.2. The van der Waals surface area contributed by atoms with Gasteiger partial charge in [0.15, 0.2) is 0 Å². The molecule has 0 aliphatic heterocycles. The Kier molecular flexibility index (Phi) is 5.31. The van der Waals surface area contributed by atoms with Crippen molar-refractivity contribution in [3.05, 3.63) is 15.8 Å². The first-order chi connectivity index (χ1) is 8.92. The lowest BCUT2D eigenvalue weighted by atomic mass is 10.3. The van der Waals surface area contributed by atoms with E-state index in [1.165, 1.54) is 0 Å². The van der Waals surface area contributed by atoms with E-state index in [-0.39, 0.29) is 29.2 Å². The van der Waals surface area contributed by atoms with Crippen LogP contribution in [0.4, 0.5) is 17.5 Å². The van der Waals surface area contributed by atoms with Crippen LogP contribution in [0.3, 0.4) is 0 Å². The van der Waals surface area contributed by atoms with E-state index in [1.54, 1.807) is 30.6 Å². The summed E-state index contributed by atoms with van der Waals surface area (Å²) in [5.41, 5.74) is 2.52. The van der Waals surface area contributed by atoms with Crippen LogP contribution < -0.4 is 16.2 Å². The summed E-state index contributed by atoms with van der Waals surface area (Å²) in [6, 6.07) is 0.105. The second-order valence-electron chi connectivity index (χ2n) is 4.12. The molecular weight excluding hydrogens is 268 g/mol. The van der Waals surface area contributed by atoms with Gasteiger partial charge in [-0.3, -0.25) is 15.5 Å². The third-order valence-electron chi connectivity index (χ3n) is 2.75. The van der Waals surface area contributed by atoms with Crippen LogP contribution in [0.25, 0.3) is 0 Å². The van der Waals surface area contributed by atoms with Crippen molar-refractivity contribution in [2.75, 3.05) is 29.4 Å². The van der Waals surface area contributed by atoms with Gasteiger partial charge in [-0.25, -0.2) is 10.8 Å². The molecule has 106 valence electrons. The molecule has 1 atom stereocenters. The van der Waals surface area contributed by atoms with Crippen LogP contribution in [0.2, 0.25) is 0 Å². The SMILES string of the molecule is CSCC(C)N(C)c1nc(NN)nc(C)c1[N+](=O)[O-]. The highest BCUT2D eigenvalue weighted by Crippen LogP contribution is 2.30. The minimum Gasteiger partial charge on any atom is -0.350 e. The van der Waals surface area contributed by atoms with Crippen LogP contribution in [0.5, 0.6) is 0 Å². The van der Waals surface area contributed by atoms with Gasteiger partial charge in [0, 0.05) is 18.8 Å². The number of nitrogen functional groups attached to an aromatic ring is 1. The average molecular weight is 286 g/mol. The fourth-order valence-corrected chi connectivity index (χ4v) is 2.34. The molecule has 0 bridgehead atoms. The van der Waals surface area contributed by atoms with Gasteiger partial charge in [0.2, 0.25) is 11.8 Å². The summed E-state index contributed by atoms with van der Waals surface area (Å²) in [4.78, 5) is 20.5. The first-order valence-corrected chi connectivity index (χ1v) is 7.03. The minimum absolute atomic E-state index is 0.0885. The summed E-state index contributed by atoms with van der Waals surface area (Å²) in [5, 5.41) is 11.2. The van der Waals surface area contributed by atoms with Gasteiger partial charge in [0.25, 0.3) is 0 Å². The quantitative estimate of drug-likeness (QED) is 0.455. The number of nitrogens with zero attached hydrogens (tertiary/aromatic N) is 4. The Morgan fingerprint density at radius 1 is 1.58 bits per heavy atom. The van der Waals surface area contributed by atoms with E-state index in [9.17, 15) is 10.1 Å². The highest BCUT2D eigenvalue weighted by Gasteiger charge is 2.26. The summed E-state index contributed by atoms with van der Waals surface area (Å²) in [6.07, 6.45) is 1.98. The molecule has 0 saturated carbocycles. The molecule has 8 nitrogen and oxygen atoms in total. The van der Waals surface area contributed by atoms with Gasteiger partial charge in [-0.2, -0.15) is 16.7 Å². The van der Waals surface area contributed by atoms with Crippen LogP contribution in [0.15, 0.2) is 0 Å². The van der Waals surface area contributed by atoms with Gasteiger partial charge >= 0.3 is 5.69 Å². The number of aryl methyl sites for hydroxylation is 1. The first kappa shape index (κ1) is 15.4. The predicted molar refractivity (Wildman–Crippen MR) is 77.5 cm³/mol. The van der Waals surface area contributed by atoms with E-state index in [0.29, 0.717) is 0 Å². The number of nitro groups is 1. The van der Waals surface area contributed by atoms with Crippen molar-refractivity contribution in [1.82, 2.24) is 9.97 Å². The van der Waals surface area contributed by atoms with E-state index >= 15 is 0 Å². The summed E-state index contributed by atoms with van der Waals surface area (Å²) in [5.74, 6) is 6.55. The zero-order valence-corrected chi connectivity index (χ0v) is 12.2. The van der Waals surface area contributed by atoms with Crippen LogP contribution >= 0.6 is 11.8 Å². The van der Waals surface area contributed by atoms with Crippen LogP contribution in [0.1, 0.15) is 12.6 Å². The van der Waals surface area contributed by atoms with Gasteiger partial charge < -0.3 is 4.90 Å². The fraction of sp³-hybridized carbons (Fsp3) is 0.600. The fourth-order valence-electron chi connectivity index (χ4n) is 1.64. The lowest BCUT2D eigenvalue weighted by Crippen LogP contribution is -2.32. The number of nitrogens with two attached hydrogens (primary N) is 1. The van der Waals surface area contributed by atoms with Gasteiger partial charge in [-0.05, 0) is 20.1 Å². The lowest BCUT2D eigenvalue weighted by molar-refractivity contribution is -0.385. The third kappa shape index (κ3) is 3.44. The van der Waals surface area contributed by atoms with Crippen molar-refractivity contribution >= 4 is 29.2 Å². The maximum Gasteiger partial charge on any atom is 0.332 e. The molecular formula is C10H18N6O2S. The minimum atomic E-state index is -0.465. The second kappa shape index (κ2) is 6.53. The summed E-state index contributed by atoms with van der Waals surface area (Å²) >= 11 is 1.67. The van der Waals surface area contributed by atoms with Gasteiger partial charge in [0.05, 0.1) is 4.92 Å². The summed E-state index contributed by atoms with van der Waals surface area (Å²) < 4.78 is 0. The highest BCUT2D eigenvalue weighted by molar-refractivity contribution is 7.98. The van der Waals surface area contributed by atoms with Crippen molar-refractivity contribution in [1.29, 1.82) is 0 Å². The molecule has 0 aliphatic rings. The van der Waals surface area contributed by atoms with Crippen LogP contribution in [0, 0.1) is 17.0 Å². The number of anilines is 2. The number of nitrogens with one attached hydrogen (secondary N) is 1. The number of rotatable bonds is 6. The van der Waals surface area contributed by atoms with Crippen molar-refractivity contribution in [2.45, 2.75) is 19.9 Å². The smallest absolute Gasteiger partial charge is 0.332 e. The Bertz CT molecular complexity index is 470. The predicted octanol–water partition coefficient (Wildman–Crippen LogP) is 1.17. The van der Waals surface area contributed by atoms with Crippen molar-refractivity contribution in [3.8, 4) is 0 Å². The van der Waals surface area contributed by atoms with E-state index in [4.69, 9.17) is 5.84 Å². The third-order valence-corrected chi connectivity index (χ3v) is 3.57. The standard InChI is InChI=1S/C10H18N6O2S/c1-6(5-19-4)15(3)9-8(16(17)18)7(2)12-10(13-9)14-11/h6H,5,11H2,1-4H3,(H,12,13,14). The topological polar surface area (TPSA) is 110 Å². The van der Waals surface area contributed by atoms with Crippen molar-refractivity contribution in [2.24, 2.45) is 5.84 Å². The Morgan fingerprint density at radius 2 is 2.21 bits per heavy atom. The zero-order chi connectivity index (χ0) is 14.6. The van der Waals surface area contributed by atoms with Crippen molar-refractivity contribution < 1.29 is 4.92 Å². The van der Waals surface area contributed by atoms with Gasteiger partial charge in [0.1, 0.15) is 5.69 Å². The normalized spacial score (nSPS) is 12.1. The Balaban J connectivity index is 3.29. The molecule has 3 N–H and O–H groups in total. The number of aromatic nitrogens is 2. The van der Waals surface area contributed by atoms with Crippen molar-refractivity contribution in [3.63, 3.8) is 0 Å². The Labute approximate surface area is 115 Å². The monoisotopic (exact) mass is 286 g/mol. The summed E-state index contributed by atoms with van der Waals surface area (Å²) in [6.45, 7) is 3.55. The zero-order valence-electron chi connectivity index (χ0n) is 11.4. The lowest BCUT2D eigenvalue weighted by Gasteiger charge is -2.25. The Hall–Kier alpha value is -1.61. The number of hydrogen-bond acceptors (Lipinski definition) is 8. The molecule has 1 unspecified atom stereocenters. The molecule has 1 rings (SSSR count). The number of hydrazine groups is 1. The molecule has 9 heteroatoms. The maximum absolute atomic E-state index is 11.2. The first-order valence-electron chi connectivity index (χ1n) is 5.63. The van der Waals surface area contributed by atoms with E-state index in [1.807, 2.05) is 13.2 Å². The van der Waals surface area contributed by atoms with E-state index in [0.717, 1.165) is 5.75 Å². The van der Waals surface area contributed by atoms with E-state index in [2.05, 4.69) is 15.4 Å². The van der Waals surface area contributed by atoms with Gasteiger partial charge in [-0.1, -0.05) is 0 Å². The maximum atomic E-state index is 11.2. The average Bonchev–Trinajstić information content (AvgIpc) is 2.36. The Morgan fingerprint density at radius 3 is 2.68 bits per heavy atom. The molecule has 19 heavy (non-hydrogen) atoms. The molecule has 0 aliphatic carbocycles. The van der Waals surface area contributed by atoms with Crippen LogP contribution in [-0.2, 0) is 0 Å². The molecule has 0 radical (unpaired) electrons. The molecule has 0 spiro atoms. The van der Waals surface area contributed by atoms with E-state index < -0.39 is 4.92 Å². The number of hydrogen-bond donors (Lipinski definition) is 2. The number of thioether (sulfide) groups is 1. The molecule has 0 amide bonds. The molecule has 0 aromatic carbocycles. The largest absolute Gasteiger partial charge is 0.350 e. The molecule has 1 heterocycles. The van der Waals surface area contributed by atoms with Crippen LogP contribution in [-0.4, -0.2) is 40.0 Å². The molecule has 0 saturated heterocycles. The molecule has 1 aromatic heterocycles. The second-order valence-corrected chi connectivity index (χ2v) is 5.03. The molecule has 1 aromatic rings. The molecule has 0 fully saturated rings. The van der Waals surface area contributed by atoms with Gasteiger partial charge in [-0.15, -0.1) is 0 Å².